The third-order valence-corrected chi connectivity index (χ3v) is 3.48. The van der Waals surface area contributed by atoms with Crippen molar-refractivity contribution in [3.8, 4) is 5.75 Å². The van der Waals surface area contributed by atoms with Crippen LogP contribution < -0.4 is 15.8 Å². The first-order valence-electron chi connectivity index (χ1n) is 6.06. The molecule has 2 rings (SSSR count). The molecule has 1 atom stereocenters. The number of rotatable bonds is 4. The second-order valence-corrected chi connectivity index (χ2v) is 5.08. The molecule has 2 aromatic carbocycles. The van der Waals surface area contributed by atoms with Crippen molar-refractivity contribution in [2.24, 2.45) is 5.73 Å². The quantitative estimate of drug-likeness (QED) is 0.902. The number of nitrogens with one attached hydrogen (secondary N) is 1. The summed E-state index contributed by atoms with van der Waals surface area (Å²) in [5, 5.41) is 2.78. The van der Waals surface area contributed by atoms with Gasteiger partial charge in [-0.2, -0.15) is 0 Å². The molecule has 0 saturated carbocycles. The van der Waals surface area contributed by atoms with Crippen molar-refractivity contribution in [1.29, 1.82) is 0 Å². The van der Waals surface area contributed by atoms with Gasteiger partial charge < -0.3 is 15.8 Å². The number of nitrogens with two attached hydrogens (primary N) is 1. The molecule has 0 spiro atoms. The van der Waals surface area contributed by atoms with Gasteiger partial charge in [0.15, 0.2) is 0 Å². The van der Waals surface area contributed by atoms with Gasteiger partial charge in [-0.1, -0.05) is 30.3 Å². The molecule has 0 radical (unpaired) electrons. The Morgan fingerprint density at radius 1 is 1.25 bits per heavy atom. The maximum absolute atomic E-state index is 12.1. The monoisotopic (exact) mass is 334 g/mol. The van der Waals surface area contributed by atoms with E-state index >= 15 is 0 Å². The Labute approximate surface area is 126 Å². The SMILES string of the molecule is COc1ccc(NC(=O)C(N)c2ccccc2)cc1Br. The molecule has 0 fully saturated rings. The van der Waals surface area contributed by atoms with Crippen LogP contribution in [0.2, 0.25) is 0 Å². The molecule has 5 heteroatoms. The summed E-state index contributed by atoms with van der Waals surface area (Å²) in [5.41, 5.74) is 7.37. The van der Waals surface area contributed by atoms with E-state index in [1.165, 1.54) is 0 Å². The molecule has 2 aromatic rings. The molecule has 0 saturated heterocycles. The van der Waals surface area contributed by atoms with E-state index in [0.29, 0.717) is 11.4 Å². The standard InChI is InChI=1S/C15H15BrN2O2/c1-20-13-8-7-11(9-12(13)16)18-15(19)14(17)10-5-3-2-4-6-10/h2-9,14H,17H2,1H3,(H,18,19). The van der Waals surface area contributed by atoms with Crippen LogP contribution >= 0.6 is 15.9 Å². The first-order valence-corrected chi connectivity index (χ1v) is 6.86. The zero-order chi connectivity index (χ0) is 14.5. The molecule has 0 heterocycles. The molecular weight excluding hydrogens is 320 g/mol. The second-order valence-electron chi connectivity index (χ2n) is 4.23. The molecule has 0 aromatic heterocycles. The fourth-order valence-corrected chi connectivity index (χ4v) is 2.32. The second kappa shape index (κ2) is 6.54. The average molecular weight is 335 g/mol. The molecule has 0 aliphatic carbocycles. The van der Waals surface area contributed by atoms with E-state index < -0.39 is 6.04 Å². The minimum Gasteiger partial charge on any atom is -0.496 e. The molecular formula is C15H15BrN2O2. The molecule has 0 aliphatic rings. The van der Waals surface area contributed by atoms with E-state index in [4.69, 9.17) is 10.5 Å². The van der Waals surface area contributed by atoms with Gasteiger partial charge in [-0.25, -0.2) is 0 Å². The summed E-state index contributed by atoms with van der Waals surface area (Å²) in [4.78, 5) is 12.1. The van der Waals surface area contributed by atoms with Crippen LogP contribution in [0, 0.1) is 0 Å². The first kappa shape index (κ1) is 14.6. The zero-order valence-electron chi connectivity index (χ0n) is 11.0. The lowest BCUT2D eigenvalue weighted by Crippen LogP contribution is -2.27. The fourth-order valence-electron chi connectivity index (χ4n) is 1.78. The van der Waals surface area contributed by atoms with Crippen LogP contribution in [0.15, 0.2) is 53.0 Å². The molecule has 0 bridgehead atoms. The van der Waals surface area contributed by atoms with Crippen molar-refractivity contribution in [3.63, 3.8) is 0 Å². The molecule has 20 heavy (non-hydrogen) atoms. The summed E-state index contributed by atoms with van der Waals surface area (Å²) in [5.74, 6) is 0.448. The number of hydrogen-bond acceptors (Lipinski definition) is 3. The highest BCUT2D eigenvalue weighted by molar-refractivity contribution is 9.10. The minimum atomic E-state index is -0.697. The molecule has 0 aliphatic heterocycles. The normalized spacial score (nSPS) is 11.8. The van der Waals surface area contributed by atoms with Gasteiger partial charge in [0.05, 0.1) is 11.6 Å². The van der Waals surface area contributed by atoms with Crippen LogP contribution in [-0.2, 0) is 4.79 Å². The highest BCUT2D eigenvalue weighted by Gasteiger charge is 2.15. The van der Waals surface area contributed by atoms with Crippen molar-refractivity contribution in [1.82, 2.24) is 0 Å². The Hall–Kier alpha value is -1.85. The van der Waals surface area contributed by atoms with Gasteiger partial charge in [0.2, 0.25) is 5.91 Å². The number of benzene rings is 2. The number of methoxy groups -OCH3 is 1. The molecule has 4 nitrogen and oxygen atoms in total. The number of ether oxygens (including phenoxy) is 1. The zero-order valence-corrected chi connectivity index (χ0v) is 12.6. The van der Waals surface area contributed by atoms with Crippen molar-refractivity contribution in [2.75, 3.05) is 12.4 Å². The van der Waals surface area contributed by atoms with Gasteiger partial charge in [0, 0.05) is 5.69 Å². The Morgan fingerprint density at radius 2 is 1.95 bits per heavy atom. The van der Waals surface area contributed by atoms with E-state index in [9.17, 15) is 4.79 Å². The van der Waals surface area contributed by atoms with Gasteiger partial charge in [-0.05, 0) is 39.7 Å². The average Bonchev–Trinajstić information content (AvgIpc) is 2.47. The van der Waals surface area contributed by atoms with E-state index in [-0.39, 0.29) is 5.91 Å². The number of anilines is 1. The smallest absolute Gasteiger partial charge is 0.245 e. The number of hydrogen-bond donors (Lipinski definition) is 2. The Balaban J connectivity index is 2.10. The van der Waals surface area contributed by atoms with Gasteiger partial charge >= 0.3 is 0 Å². The molecule has 104 valence electrons. The minimum absolute atomic E-state index is 0.256. The molecule has 1 unspecified atom stereocenters. The highest BCUT2D eigenvalue weighted by atomic mass is 79.9. The van der Waals surface area contributed by atoms with E-state index in [2.05, 4.69) is 21.2 Å². The lowest BCUT2D eigenvalue weighted by atomic mass is 10.1. The fraction of sp³-hybridized carbons (Fsp3) is 0.133. The van der Waals surface area contributed by atoms with Crippen molar-refractivity contribution in [2.45, 2.75) is 6.04 Å². The predicted octanol–water partition coefficient (Wildman–Crippen LogP) is 3.10. The van der Waals surface area contributed by atoms with Gasteiger partial charge in [0.1, 0.15) is 11.8 Å². The van der Waals surface area contributed by atoms with Crippen LogP contribution in [0.25, 0.3) is 0 Å². The highest BCUT2D eigenvalue weighted by Crippen LogP contribution is 2.28. The summed E-state index contributed by atoms with van der Waals surface area (Å²) in [7, 11) is 1.59. The Bertz CT molecular complexity index is 602. The summed E-state index contributed by atoms with van der Waals surface area (Å²) < 4.78 is 5.91. The summed E-state index contributed by atoms with van der Waals surface area (Å²) in [6.07, 6.45) is 0. The maximum Gasteiger partial charge on any atom is 0.245 e. The largest absolute Gasteiger partial charge is 0.496 e. The number of halogens is 1. The van der Waals surface area contributed by atoms with Crippen molar-refractivity contribution < 1.29 is 9.53 Å². The predicted molar refractivity (Wildman–Crippen MR) is 82.7 cm³/mol. The summed E-state index contributed by atoms with van der Waals surface area (Å²) >= 11 is 3.37. The van der Waals surface area contributed by atoms with E-state index in [0.717, 1.165) is 10.0 Å². The first-order chi connectivity index (χ1) is 9.61. The van der Waals surface area contributed by atoms with Crippen molar-refractivity contribution >= 4 is 27.5 Å². The summed E-state index contributed by atoms with van der Waals surface area (Å²) in [6.45, 7) is 0. The lowest BCUT2D eigenvalue weighted by Gasteiger charge is -2.13. The van der Waals surface area contributed by atoms with Crippen LogP contribution in [0.4, 0.5) is 5.69 Å². The lowest BCUT2D eigenvalue weighted by molar-refractivity contribution is -0.117. The topological polar surface area (TPSA) is 64.3 Å². The number of carbonyl (C=O) groups is 1. The van der Waals surface area contributed by atoms with E-state index in [1.807, 2.05) is 30.3 Å². The number of carbonyl (C=O) groups excluding carboxylic acids is 1. The van der Waals surface area contributed by atoms with Crippen LogP contribution in [-0.4, -0.2) is 13.0 Å². The van der Waals surface area contributed by atoms with Gasteiger partial charge in [-0.15, -0.1) is 0 Å². The van der Waals surface area contributed by atoms with Gasteiger partial charge in [-0.3, -0.25) is 4.79 Å². The molecule has 3 N–H and O–H groups in total. The number of amides is 1. The third kappa shape index (κ3) is 3.37. The Kier molecular flexibility index (Phi) is 4.76. The third-order valence-electron chi connectivity index (χ3n) is 2.86. The molecule has 1 amide bonds. The maximum atomic E-state index is 12.1. The van der Waals surface area contributed by atoms with Crippen LogP contribution in [0.1, 0.15) is 11.6 Å². The van der Waals surface area contributed by atoms with E-state index in [1.54, 1.807) is 25.3 Å². The van der Waals surface area contributed by atoms with Crippen LogP contribution in [0.3, 0.4) is 0 Å². The Morgan fingerprint density at radius 3 is 2.55 bits per heavy atom. The van der Waals surface area contributed by atoms with Crippen molar-refractivity contribution in [3.05, 3.63) is 58.6 Å². The van der Waals surface area contributed by atoms with Gasteiger partial charge in [0.25, 0.3) is 0 Å². The summed E-state index contributed by atoms with van der Waals surface area (Å²) in [6, 6.07) is 13.9. The van der Waals surface area contributed by atoms with Crippen LogP contribution in [0.5, 0.6) is 5.75 Å².